The maximum Gasteiger partial charge on any atom is 0.254 e. The molecule has 3 heterocycles. The molecule has 1 amide bonds. The highest BCUT2D eigenvalue weighted by molar-refractivity contribution is 5.95. The van der Waals surface area contributed by atoms with Gasteiger partial charge in [-0.15, -0.1) is 0 Å². The summed E-state index contributed by atoms with van der Waals surface area (Å²) in [6.45, 7) is 4.81. The van der Waals surface area contributed by atoms with Crippen molar-refractivity contribution < 1.29 is 4.79 Å². The van der Waals surface area contributed by atoms with Crippen molar-refractivity contribution in [3.8, 4) is 5.82 Å². The molecule has 3 aromatic rings. The van der Waals surface area contributed by atoms with E-state index in [0.717, 1.165) is 35.9 Å². The van der Waals surface area contributed by atoms with Gasteiger partial charge in [-0.05, 0) is 24.6 Å². The summed E-state index contributed by atoms with van der Waals surface area (Å²) in [5, 5.41) is 4.20. The Balaban J connectivity index is 1.45. The fourth-order valence-corrected chi connectivity index (χ4v) is 3.16. The van der Waals surface area contributed by atoms with Crippen molar-refractivity contribution in [3.05, 3.63) is 66.2 Å². The molecule has 0 atom stereocenters. The lowest BCUT2D eigenvalue weighted by atomic mass is 10.1. The van der Waals surface area contributed by atoms with Crippen LogP contribution in [0.3, 0.4) is 0 Å². The zero-order valence-corrected chi connectivity index (χ0v) is 14.6. The number of anilines is 1. The van der Waals surface area contributed by atoms with E-state index >= 15 is 0 Å². The first-order valence-corrected chi connectivity index (χ1v) is 8.64. The van der Waals surface area contributed by atoms with Gasteiger partial charge in [0, 0.05) is 50.2 Å². The predicted octanol–water partition coefficient (Wildman–Crippen LogP) is 1.93. The van der Waals surface area contributed by atoms with E-state index in [4.69, 9.17) is 0 Å². The van der Waals surface area contributed by atoms with E-state index in [1.54, 1.807) is 17.2 Å². The Kier molecular flexibility index (Phi) is 4.35. The van der Waals surface area contributed by atoms with Crippen LogP contribution >= 0.6 is 0 Å². The second kappa shape index (κ2) is 6.95. The van der Waals surface area contributed by atoms with Gasteiger partial charge in [0.2, 0.25) is 0 Å². The van der Waals surface area contributed by atoms with Gasteiger partial charge in [0.25, 0.3) is 5.91 Å². The number of piperazine rings is 1. The summed E-state index contributed by atoms with van der Waals surface area (Å²) in [5.74, 6) is 1.69. The summed E-state index contributed by atoms with van der Waals surface area (Å²) in [5.41, 5.74) is 1.79. The summed E-state index contributed by atoms with van der Waals surface area (Å²) in [6, 6.07) is 11.5. The minimum absolute atomic E-state index is 0.0997. The maximum absolute atomic E-state index is 12.7. The van der Waals surface area contributed by atoms with Gasteiger partial charge in [0.15, 0.2) is 5.82 Å². The Morgan fingerprint density at radius 2 is 1.77 bits per heavy atom. The molecular formula is C19H20N6O. The Labute approximate surface area is 151 Å². The van der Waals surface area contributed by atoms with Gasteiger partial charge >= 0.3 is 0 Å². The van der Waals surface area contributed by atoms with E-state index in [2.05, 4.69) is 20.0 Å². The van der Waals surface area contributed by atoms with Crippen molar-refractivity contribution in [3.63, 3.8) is 0 Å². The van der Waals surface area contributed by atoms with Crippen LogP contribution in [0.5, 0.6) is 0 Å². The van der Waals surface area contributed by atoms with Crippen LogP contribution in [0.4, 0.5) is 5.82 Å². The zero-order chi connectivity index (χ0) is 17.9. The topological polar surface area (TPSA) is 67.2 Å². The number of nitrogens with zero attached hydrogens (tertiary/aromatic N) is 6. The Bertz CT molecular complexity index is 900. The lowest BCUT2D eigenvalue weighted by molar-refractivity contribution is 0.0746. The second-order valence-electron chi connectivity index (χ2n) is 6.28. The highest BCUT2D eigenvalue weighted by Gasteiger charge is 2.23. The summed E-state index contributed by atoms with van der Waals surface area (Å²) < 4.78 is 1.71. The fourth-order valence-electron chi connectivity index (χ4n) is 3.16. The van der Waals surface area contributed by atoms with Crippen molar-refractivity contribution in [1.29, 1.82) is 0 Å². The van der Waals surface area contributed by atoms with Crippen LogP contribution in [0.15, 0.2) is 55.1 Å². The van der Waals surface area contributed by atoms with Crippen LogP contribution < -0.4 is 4.90 Å². The molecule has 0 unspecified atom stereocenters. The molecule has 1 aliphatic heterocycles. The second-order valence-corrected chi connectivity index (χ2v) is 6.28. The van der Waals surface area contributed by atoms with Gasteiger partial charge in [-0.25, -0.2) is 14.6 Å². The van der Waals surface area contributed by atoms with Gasteiger partial charge in [-0.2, -0.15) is 5.10 Å². The highest BCUT2D eigenvalue weighted by atomic mass is 16.2. The normalized spacial score (nSPS) is 14.5. The Morgan fingerprint density at radius 3 is 2.50 bits per heavy atom. The largest absolute Gasteiger partial charge is 0.353 e. The highest BCUT2D eigenvalue weighted by Crippen LogP contribution is 2.17. The molecule has 0 N–H and O–H groups in total. The average Bonchev–Trinajstić information content (AvgIpc) is 3.23. The minimum atomic E-state index is 0.0997. The molecule has 7 heteroatoms. The molecule has 0 aliphatic carbocycles. The van der Waals surface area contributed by atoms with Gasteiger partial charge in [0.1, 0.15) is 12.1 Å². The van der Waals surface area contributed by atoms with E-state index in [0.29, 0.717) is 13.1 Å². The van der Waals surface area contributed by atoms with Crippen LogP contribution in [0.25, 0.3) is 5.82 Å². The number of benzene rings is 1. The lowest BCUT2D eigenvalue weighted by Gasteiger charge is -2.35. The van der Waals surface area contributed by atoms with Crippen LogP contribution in [0, 0.1) is 6.92 Å². The molecule has 26 heavy (non-hydrogen) atoms. The number of carbonyl (C=O) groups is 1. The molecule has 1 aromatic carbocycles. The van der Waals surface area contributed by atoms with Crippen molar-refractivity contribution in [2.75, 3.05) is 31.1 Å². The summed E-state index contributed by atoms with van der Waals surface area (Å²) in [4.78, 5) is 25.5. The standard InChI is InChI=1S/C19H20N6O/c1-15-5-2-3-6-16(15)19(26)24-11-9-23(10-12-24)17-13-18(21-14-20-17)25-8-4-7-22-25/h2-8,13-14H,9-12H2,1H3. The average molecular weight is 348 g/mol. The van der Waals surface area contributed by atoms with Gasteiger partial charge < -0.3 is 9.80 Å². The third-order valence-electron chi connectivity index (χ3n) is 4.64. The SMILES string of the molecule is Cc1ccccc1C(=O)N1CCN(c2cc(-n3cccn3)ncn2)CC1. The molecule has 0 spiro atoms. The molecule has 2 aromatic heterocycles. The maximum atomic E-state index is 12.7. The van der Waals surface area contributed by atoms with Crippen LogP contribution in [0.2, 0.25) is 0 Å². The quantitative estimate of drug-likeness (QED) is 0.724. The molecule has 1 aliphatic rings. The molecule has 1 saturated heterocycles. The van der Waals surface area contributed by atoms with E-state index in [9.17, 15) is 4.79 Å². The Hall–Kier alpha value is -3.22. The smallest absolute Gasteiger partial charge is 0.254 e. The molecular weight excluding hydrogens is 328 g/mol. The van der Waals surface area contributed by atoms with Gasteiger partial charge in [-0.3, -0.25) is 4.79 Å². The number of rotatable bonds is 3. The number of aromatic nitrogens is 4. The van der Waals surface area contributed by atoms with E-state index in [1.807, 2.05) is 54.4 Å². The molecule has 0 bridgehead atoms. The van der Waals surface area contributed by atoms with E-state index < -0.39 is 0 Å². The molecule has 0 radical (unpaired) electrons. The Morgan fingerprint density at radius 1 is 1.00 bits per heavy atom. The molecule has 7 nitrogen and oxygen atoms in total. The van der Waals surface area contributed by atoms with Crippen LogP contribution in [-0.2, 0) is 0 Å². The summed E-state index contributed by atoms with van der Waals surface area (Å²) >= 11 is 0. The van der Waals surface area contributed by atoms with E-state index in [1.165, 1.54) is 0 Å². The first kappa shape index (κ1) is 16.3. The third-order valence-corrected chi connectivity index (χ3v) is 4.64. The van der Waals surface area contributed by atoms with Crippen LogP contribution in [0.1, 0.15) is 15.9 Å². The van der Waals surface area contributed by atoms with Crippen molar-refractivity contribution in [2.45, 2.75) is 6.92 Å². The molecule has 1 fully saturated rings. The molecule has 4 rings (SSSR count). The number of carbonyl (C=O) groups excluding carboxylic acids is 1. The first-order valence-electron chi connectivity index (χ1n) is 8.64. The summed E-state index contributed by atoms with van der Waals surface area (Å²) in [7, 11) is 0. The molecule has 0 saturated carbocycles. The number of hydrogen-bond donors (Lipinski definition) is 0. The molecule has 132 valence electrons. The monoisotopic (exact) mass is 348 g/mol. The number of hydrogen-bond acceptors (Lipinski definition) is 5. The predicted molar refractivity (Wildman–Crippen MR) is 98.4 cm³/mol. The van der Waals surface area contributed by atoms with Gasteiger partial charge in [-0.1, -0.05) is 18.2 Å². The van der Waals surface area contributed by atoms with Crippen molar-refractivity contribution >= 4 is 11.7 Å². The van der Waals surface area contributed by atoms with Crippen molar-refractivity contribution in [2.24, 2.45) is 0 Å². The summed E-state index contributed by atoms with van der Waals surface area (Å²) in [6.07, 6.45) is 5.12. The van der Waals surface area contributed by atoms with Crippen LogP contribution in [-0.4, -0.2) is 56.7 Å². The van der Waals surface area contributed by atoms with E-state index in [-0.39, 0.29) is 5.91 Å². The fraction of sp³-hybridized carbons (Fsp3) is 0.263. The number of amides is 1. The zero-order valence-electron chi connectivity index (χ0n) is 14.6. The first-order chi connectivity index (χ1) is 12.7. The van der Waals surface area contributed by atoms with Gasteiger partial charge in [0.05, 0.1) is 0 Å². The third kappa shape index (κ3) is 3.15. The minimum Gasteiger partial charge on any atom is -0.353 e. The lowest BCUT2D eigenvalue weighted by Crippen LogP contribution is -2.49. The number of aryl methyl sites for hydroxylation is 1. The van der Waals surface area contributed by atoms with Crippen molar-refractivity contribution in [1.82, 2.24) is 24.6 Å².